The highest BCUT2D eigenvalue weighted by Crippen LogP contribution is 2.22. The molecule has 0 aliphatic rings. The molecule has 2 rings (SSSR count). The Balaban J connectivity index is 2.36. The maximum Gasteiger partial charge on any atom is 0.326 e. The van der Waals surface area contributed by atoms with Crippen molar-refractivity contribution in [3.63, 3.8) is 0 Å². The van der Waals surface area contributed by atoms with Gasteiger partial charge in [-0.3, -0.25) is 4.79 Å². The van der Waals surface area contributed by atoms with Crippen LogP contribution in [0.3, 0.4) is 0 Å². The standard InChI is InChI=1S/C15H18N2O3/c1-8(2)13(15(19)20)17-14(18)12-9(3)16-11-7-5-4-6-10(11)12/h4-8,13,16H,1-3H3,(H,17,18)(H,19,20). The van der Waals surface area contributed by atoms with Crippen molar-refractivity contribution in [3.05, 3.63) is 35.5 Å². The summed E-state index contributed by atoms with van der Waals surface area (Å²) in [4.78, 5) is 26.7. The van der Waals surface area contributed by atoms with E-state index in [4.69, 9.17) is 5.11 Å². The van der Waals surface area contributed by atoms with Crippen molar-refractivity contribution in [3.8, 4) is 0 Å². The molecule has 1 aromatic carbocycles. The van der Waals surface area contributed by atoms with Gasteiger partial charge >= 0.3 is 5.97 Å². The van der Waals surface area contributed by atoms with Gasteiger partial charge in [-0.2, -0.15) is 0 Å². The Morgan fingerprint density at radius 2 is 1.90 bits per heavy atom. The molecule has 1 heterocycles. The number of carbonyl (C=O) groups is 2. The summed E-state index contributed by atoms with van der Waals surface area (Å²) < 4.78 is 0. The second kappa shape index (κ2) is 5.36. The first-order valence-electron chi connectivity index (χ1n) is 6.52. The maximum atomic E-state index is 12.4. The van der Waals surface area contributed by atoms with Gasteiger partial charge in [0, 0.05) is 16.6 Å². The van der Waals surface area contributed by atoms with Crippen LogP contribution >= 0.6 is 0 Å². The van der Waals surface area contributed by atoms with E-state index >= 15 is 0 Å². The summed E-state index contributed by atoms with van der Waals surface area (Å²) in [6, 6.07) is 6.57. The van der Waals surface area contributed by atoms with Crippen LogP contribution < -0.4 is 5.32 Å². The number of carboxylic acids is 1. The Hall–Kier alpha value is -2.30. The third kappa shape index (κ3) is 2.52. The fraction of sp³-hybridized carbons (Fsp3) is 0.333. The van der Waals surface area contributed by atoms with Gasteiger partial charge in [-0.05, 0) is 18.9 Å². The predicted molar refractivity (Wildman–Crippen MR) is 76.8 cm³/mol. The van der Waals surface area contributed by atoms with Gasteiger partial charge in [-0.15, -0.1) is 0 Å². The lowest BCUT2D eigenvalue weighted by atomic mass is 10.0. The molecule has 0 aliphatic carbocycles. The largest absolute Gasteiger partial charge is 0.480 e. The van der Waals surface area contributed by atoms with E-state index in [0.29, 0.717) is 5.56 Å². The molecular formula is C15H18N2O3. The first-order chi connectivity index (χ1) is 9.41. The molecule has 0 aliphatic heterocycles. The average molecular weight is 274 g/mol. The molecule has 2 aromatic rings. The number of H-pyrrole nitrogens is 1. The fourth-order valence-corrected chi connectivity index (χ4v) is 2.30. The van der Waals surface area contributed by atoms with Crippen LogP contribution in [0.5, 0.6) is 0 Å². The quantitative estimate of drug-likeness (QED) is 0.800. The number of para-hydroxylation sites is 1. The predicted octanol–water partition coefficient (Wildman–Crippen LogP) is 2.32. The van der Waals surface area contributed by atoms with Gasteiger partial charge < -0.3 is 15.4 Å². The molecule has 20 heavy (non-hydrogen) atoms. The van der Waals surface area contributed by atoms with E-state index in [0.717, 1.165) is 16.6 Å². The topological polar surface area (TPSA) is 82.2 Å². The molecule has 0 bridgehead atoms. The number of hydrogen-bond donors (Lipinski definition) is 3. The van der Waals surface area contributed by atoms with E-state index in [-0.39, 0.29) is 11.8 Å². The lowest BCUT2D eigenvalue weighted by Crippen LogP contribution is -2.44. The number of hydrogen-bond acceptors (Lipinski definition) is 2. The van der Waals surface area contributed by atoms with Crippen molar-refractivity contribution in [2.45, 2.75) is 26.8 Å². The minimum atomic E-state index is -1.02. The number of fused-ring (bicyclic) bond motifs is 1. The number of nitrogens with one attached hydrogen (secondary N) is 2. The van der Waals surface area contributed by atoms with Gasteiger partial charge in [-0.25, -0.2) is 4.79 Å². The summed E-state index contributed by atoms with van der Waals surface area (Å²) in [5.74, 6) is -1.56. The van der Waals surface area contributed by atoms with Gasteiger partial charge in [0.15, 0.2) is 0 Å². The number of rotatable bonds is 4. The molecular weight excluding hydrogens is 256 g/mol. The molecule has 0 fully saturated rings. The third-order valence-corrected chi connectivity index (χ3v) is 3.34. The molecule has 5 heteroatoms. The minimum Gasteiger partial charge on any atom is -0.480 e. The molecule has 3 N–H and O–H groups in total. The Morgan fingerprint density at radius 1 is 1.25 bits per heavy atom. The second-order valence-electron chi connectivity index (χ2n) is 5.20. The number of aromatic amines is 1. The van der Waals surface area contributed by atoms with E-state index < -0.39 is 12.0 Å². The van der Waals surface area contributed by atoms with Gasteiger partial charge in [0.1, 0.15) is 6.04 Å². The molecule has 106 valence electrons. The number of aryl methyl sites for hydroxylation is 1. The Kier molecular flexibility index (Phi) is 3.79. The number of benzene rings is 1. The Labute approximate surface area is 117 Å². The molecule has 1 amide bonds. The molecule has 1 unspecified atom stereocenters. The first kappa shape index (κ1) is 14.1. The van der Waals surface area contributed by atoms with Crippen LogP contribution in [0.15, 0.2) is 24.3 Å². The molecule has 5 nitrogen and oxygen atoms in total. The highest BCUT2D eigenvalue weighted by Gasteiger charge is 2.25. The van der Waals surface area contributed by atoms with E-state index in [1.165, 1.54) is 0 Å². The normalized spacial score (nSPS) is 12.6. The molecule has 0 radical (unpaired) electrons. The van der Waals surface area contributed by atoms with Crippen molar-refractivity contribution < 1.29 is 14.7 Å². The van der Waals surface area contributed by atoms with Gasteiger partial charge in [-0.1, -0.05) is 32.0 Å². The van der Waals surface area contributed by atoms with Crippen LogP contribution in [-0.2, 0) is 4.79 Å². The van der Waals surface area contributed by atoms with Crippen molar-refractivity contribution in [2.75, 3.05) is 0 Å². The molecule has 0 saturated carbocycles. The lowest BCUT2D eigenvalue weighted by molar-refractivity contribution is -0.140. The zero-order valence-electron chi connectivity index (χ0n) is 11.7. The summed E-state index contributed by atoms with van der Waals surface area (Å²) in [5.41, 5.74) is 2.11. The average Bonchev–Trinajstić information content (AvgIpc) is 2.70. The van der Waals surface area contributed by atoms with Crippen LogP contribution in [0.4, 0.5) is 0 Å². The monoisotopic (exact) mass is 274 g/mol. The highest BCUT2D eigenvalue weighted by molar-refractivity contribution is 6.08. The summed E-state index contributed by atoms with van der Waals surface area (Å²) in [7, 11) is 0. The Morgan fingerprint density at radius 3 is 2.50 bits per heavy atom. The van der Waals surface area contributed by atoms with Crippen LogP contribution in [0.1, 0.15) is 29.9 Å². The number of amides is 1. The first-order valence-corrected chi connectivity index (χ1v) is 6.52. The molecule has 1 atom stereocenters. The zero-order valence-corrected chi connectivity index (χ0v) is 11.7. The zero-order chi connectivity index (χ0) is 14.9. The van der Waals surface area contributed by atoms with Crippen molar-refractivity contribution in [1.29, 1.82) is 0 Å². The van der Waals surface area contributed by atoms with Crippen LogP contribution in [-0.4, -0.2) is 28.0 Å². The summed E-state index contributed by atoms with van der Waals surface area (Å²) in [5, 5.41) is 12.5. The second-order valence-corrected chi connectivity index (χ2v) is 5.20. The number of carbonyl (C=O) groups excluding carboxylic acids is 1. The SMILES string of the molecule is Cc1[nH]c2ccccc2c1C(=O)NC(C(=O)O)C(C)C. The van der Waals surface area contributed by atoms with Gasteiger partial charge in [0.2, 0.25) is 0 Å². The number of aromatic nitrogens is 1. The summed E-state index contributed by atoms with van der Waals surface area (Å²) in [6.07, 6.45) is 0. The fourth-order valence-electron chi connectivity index (χ4n) is 2.30. The minimum absolute atomic E-state index is 0.179. The van der Waals surface area contributed by atoms with E-state index in [2.05, 4.69) is 10.3 Å². The van der Waals surface area contributed by atoms with E-state index in [1.54, 1.807) is 20.8 Å². The smallest absolute Gasteiger partial charge is 0.326 e. The summed E-state index contributed by atoms with van der Waals surface area (Å²) >= 11 is 0. The van der Waals surface area contributed by atoms with Gasteiger partial charge in [0.25, 0.3) is 5.91 Å². The van der Waals surface area contributed by atoms with E-state index in [1.807, 2.05) is 24.3 Å². The number of aliphatic carboxylic acids is 1. The van der Waals surface area contributed by atoms with Crippen LogP contribution in [0.2, 0.25) is 0 Å². The van der Waals surface area contributed by atoms with Crippen molar-refractivity contribution in [2.24, 2.45) is 5.92 Å². The maximum absolute atomic E-state index is 12.4. The molecule has 1 aromatic heterocycles. The summed E-state index contributed by atoms with van der Waals surface area (Å²) in [6.45, 7) is 5.34. The lowest BCUT2D eigenvalue weighted by Gasteiger charge is -2.17. The van der Waals surface area contributed by atoms with Crippen molar-refractivity contribution in [1.82, 2.24) is 10.3 Å². The number of carboxylic acid groups (broad SMARTS) is 1. The van der Waals surface area contributed by atoms with Crippen LogP contribution in [0.25, 0.3) is 10.9 Å². The van der Waals surface area contributed by atoms with Crippen molar-refractivity contribution >= 4 is 22.8 Å². The van der Waals surface area contributed by atoms with E-state index in [9.17, 15) is 9.59 Å². The Bertz CT molecular complexity index is 658. The molecule has 0 spiro atoms. The highest BCUT2D eigenvalue weighted by atomic mass is 16.4. The molecule has 0 saturated heterocycles. The van der Waals surface area contributed by atoms with Gasteiger partial charge in [0.05, 0.1) is 5.56 Å². The third-order valence-electron chi connectivity index (χ3n) is 3.34. The van der Waals surface area contributed by atoms with Crippen LogP contribution in [0, 0.1) is 12.8 Å².